The molecule has 0 amide bonds. The van der Waals surface area contributed by atoms with Crippen LogP contribution in [0.2, 0.25) is 0 Å². The fourth-order valence-corrected chi connectivity index (χ4v) is 2.35. The van der Waals surface area contributed by atoms with E-state index in [1.165, 1.54) is 0 Å². The molecular formula is C15H14N4. The van der Waals surface area contributed by atoms with Crippen LogP contribution in [0.1, 0.15) is 11.1 Å². The van der Waals surface area contributed by atoms with Crippen LogP contribution in [0.4, 0.5) is 11.4 Å². The van der Waals surface area contributed by atoms with Crippen LogP contribution in [0.5, 0.6) is 0 Å². The van der Waals surface area contributed by atoms with Gasteiger partial charge in [-0.1, -0.05) is 30.3 Å². The lowest BCUT2D eigenvalue weighted by molar-refractivity contribution is 0.673. The molecule has 1 atom stereocenters. The molecule has 0 aliphatic carbocycles. The summed E-state index contributed by atoms with van der Waals surface area (Å²) in [4.78, 5) is 0. The monoisotopic (exact) mass is 250 g/mol. The first-order valence-electron chi connectivity index (χ1n) is 6.03. The standard InChI is InChI=1S/C15H14N4/c16-12-6-7-14(17)13(10-12)15(8-9-18-19-15)11-4-2-1-3-5-11/h1-10H,16-17H2. The molecule has 0 saturated heterocycles. The molecule has 0 radical (unpaired) electrons. The van der Waals surface area contributed by atoms with Crippen LogP contribution in [-0.4, -0.2) is 0 Å². The molecule has 19 heavy (non-hydrogen) atoms. The maximum atomic E-state index is 6.10. The normalized spacial score (nSPS) is 20.8. The zero-order chi connectivity index (χ0) is 13.3. The van der Waals surface area contributed by atoms with Gasteiger partial charge in [0.2, 0.25) is 0 Å². The van der Waals surface area contributed by atoms with Crippen molar-refractivity contribution in [3.63, 3.8) is 0 Å². The van der Waals surface area contributed by atoms with E-state index in [4.69, 9.17) is 11.5 Å². The Balaban J connectivity index is 2.25. The lowest BCUT2D eigenvalue weighted by atomic mass is 9.83. The van der Waals surface area contributed by atoms with E-state index in [2.05, 4.69) is 10.2 Å². The van der Waals surface area contributed by atoms with Crippen molar-refractivity contribution in [3.05, 3.63) is 71.9 Å². The van der Waals surface area contributed by atoms with Crippen LogP contribution in [0, 0.1) is 0 Å². The van der Waals surface area contributed by atoms with Gasteiger partial charge in [0, 0.05) is 23.1 Å². The Labute approximate surface area is 111 Å². The van der Waals surface area contributed by atoms with E-state index in [9.17, 15) is 0 Å². The summed E-state index contributed by atoms with van der Waals surface area (Å²) >= 11 is 0. The van der Waals surface area contributed by atoms with Gasteiger partial charge in [-0.2, -0.15) is 10.2 Å². The van der Waals surface area contributed by atoms with Gasteiger partial charge < -0.3 is 11.5 Å². The third-order valence-electron chi connectivity index (χ3n) is 3.30. The van der Waals surface area contributed by atoms with Gasteiger partial charge in [0.15, 0.2) is 5.54 Å². The predicted octanol–water partition coefficient (Wildman–Crippen LogP) is 3.07. The molecule has 0 saturated carbocycles. The summed E-state index contributed by atoms with van der Waals surface area (Å²) in [5.41, 5.74) is 14.5. The molecule has 0 aromatic heterocycles. The highest BCUT2D eigenvalue weighted by molar-refractivity contribution is 5.62. The van der Waals surface area contributed by atoms with Gasteiger partial charge in [-0.3, -0.25) is 0 Å². The van der Waals surface area contributed by atoms with E-state index in [0.717, 1.165) is 11.1 Å². The Kier molecular flexibility index (Phi) is 2.56. The number of hydrogen-bond acceptors (Lipinski definition) is 4. The molecule has 0 bridgehead atoms. The minimum atomic E-state index is -0.666. The SMILES string of the molecule is Nc1ccc(N)c(C2(c3ccccc3)C=CN=N2)c1. The predicted molar refractivity (Wildman–Crippen MR) is 76.5 cm³/mol. The second kappa shape index (κ2) is 4.24. The molecule has 1 unspecified atom stereocenters. The highest BCUT2D eigenvalue weighted by Crippen LogP contribution is 2.41. The quantitative estimate of drug-likeness (QED) is 0.803. The number of rotatable bonds is 2. The highest BCUT2D eigenvalue weighted by atomic mass is 15.2. The highest BCUT2D eigenvalue weighted by Gasteiger charge is 2.35. The third kappa shape index (κ3) is 1.78. The Bertz CT molecular complexity index is 647. The van der Waals surface area contributed by atoms with Crippen molar-refractivity contribution < 1.29 is 0 Å². The van der Waals surface area contributed by atoms with Crippen LogP contribution < -0.4 is 11.5 Å². The number of azo groups is 1. The van der Waals surface area contributed by atoms with Crippen LogP contribution in [-0.2, 0) is 5.54 Å². The first-order chi connectivity index (χ1) is 9.22. The number of anilines is 2. The van der Waals surface area contributed by atoms with E-state index >= 15 is 0 Å². The first kappa shape index (κ1) is 11.5. The maximum Gasteiger partial charge on any atom is 0.154 e. The second-order valence-electron chi connectivity index (χ2n) is 4.51. The summed E-state index contributed by atoms with van der Waals surface area (Å²) < 4.78 is 0. The molecule has 2 aromatic rings. The summed E-state index contributed by atoms with van der Waals surface area (Å²) in [6, 6.07) is 15.4. The van der Waals surface area contributed by atoms with Crippen LogP contribution in [0.25, 0.3) is 0 Å². The average molecular weight is 250 g/mol. The topological polar surface area (TPSA) is 76.8 Å². The third-order valence-corrected chi connectivity index (χ3v) is 3.30. The molecule has 1 aliphatic heterocycles. The van der Waals surface area contributed by atoms with Crippen molar-refractivity contribution >= 4 is 11.4 Å². The number of benzene rings is 2. The van der Waals surface area contributed by atoms with Crippen LogP contribution in [0.15, 0.2) is 71.0 Å². The van der Waals surface area contributed by atoms with E-state index in [-0.39, 0.29) is 0 Å². The van der Waals surface area contributed by atoms with Crippen LogP contribution in [0.3, 0.4) is 0 Å². The molecule has 2 aromatic carbocycles. The van der Waals surface area contributed by atoms with E-state index < -0.39 is 5.54 Å². The number of nitrogens with two attached hydrogens (primary N) is 2. The largest absolute Gasteiger partial charge is 0.399 e. The van der Waals surface area contributed by atoms with Crippen LogP contribution >= 0.6 is 0 Å². The molecule has 0 fully saturated rings. The molecule has 4 N–H and O–H groups in total. The number of nitrogens with zero attached hydrogens (tertiary/aromatic N) is 2. The summed E-state index contributed by atoms with van der Waals surface area (Å²) in [6.07, 6.45) is 3.63. The maximum absolute atomic E-state index is 6.10. The van der Waals surface area contributed by atoms with E-state index in [1.54, 1.807) is 18.3 Å². The Hall–Kier alpha value is -2.62. The minimum Gasteiger partial charge on any atom is -0.399 e. The average Bonchev–Trinajstić information content (AvgIpc) is 2.93. The van der Waals surface area contributed by atoms with Gasteiger partial charge in [0.25, 0.3) is 0 Å². The summed E-state index contributed by atoms with van der Waals surface area (Å²) in [5.74, 6) is 0. The Morgan fingerprint density at radius 2 is 1.74 bits per heavy atom. The van der Waals surface area contributed by atoms with Gasteiger partial charge in [-0.05, 0) is 29.8 Å². The van der Waals surface area contributed by atoms with Crippen molar-refractivity contribution in [2.45, 2.75) is 5.54 Å². The Morgan fingerprint density at radius 1 is 0.947 bits per heavy atom. The molecule has 1 heterocycles. The molecule has 1 aliphatic rings. The van der Waals surface area contributed by atoms with Crippen molar-refractivity contribution in [1.82, 2.24) is 0 Å². The smallest absolute Gasteiger partial charge is 0.154 e. The van der Waals surface area contributed by atoms with Gasteiger partial charge in [-0.15, -0.1) is 0 Å². The van der Waals surface area contributed by atoms with E-state index in [0.29, 0.717) is 11.4 Å². The summed E-state index contributed by atoms with van der Waals surface area (Å²) in [6.45, 7) is 0. The molecule has 4 nitrogen and oxygen atoms in total. The second-order valence-corrected chi connectivity index (χ2v) is 4.51. The molecule has 3 rings (SSSR count). The number of hydrogen-bond donors (Lipinski definition) is 2. The zero-order valence-electron chi connectivity index (χ0n) is 10.3. The van der Waals surface area contributed by atoms with Gasteiger partial charge in [0.05, 0.1) is 0 Å². The molecule has 4 heteroatoms. The van der Waals surface area contributed by atoms with Crippen molar-refractivity contribution in [2.75, 3.05) is 11.5 Å². The van der Waals surface area contributed by atoms with Crippen molar-refractivity contribution in [2.24, 2.45) is 10.2 Å². The summed E-state index contributed by atoms with van der Waals surface area (Å²) in [5, 5.41) is 8.40. The fourth-order valence-electron chi connectivity index (χ4n) is 2.35. The van der Waals surface area contributed by atoms with Crippen molar-refractivity contribution in [3.8, 4) is 0 Å². The first-order valence-corrected chi connectivity index (χ1v) is 6.03. The van der Waals surface area contributed by atoms with Gasteiger partial charge >= 0.3 is 0 Å². The summed E-state index contributed by atoms with van der Waals surface area (Å²) in [7, 11) is 0. The van der Waals surface area contributed by atoms with Gasteiger partial charge in [-0.25, -0.2) is 0 Å². The zero-order valence-corrected chi connectivity index (χ0v) is 10.3. The molecule has 0 spiro atoms. The molecule has 94 valence electrons. The molecular weight excluding hydrogens is 236 g/mol. The lowest BCUT2D eigenvalue weighted by Crippen LogP contribution is -2.22. The van der Waals surface area contributed by atoms with Crippen molar-refractivity contribution in [1.29, 1.82) is 0 Å². The van der Waals surface area contributed by atoms with E-state index in [1.807, 2.05) is 42.5 Å². The Morgan fingerprint density at radius 3 is 2.42 bits per heavy atom. The lowest BCUT2D eigenvalue weighted by Gasteiger charge is -2.25. The minimum absolute atomic E-state index is 0.656. The van der Waals surface area contributed by atoms with Gasteiger partial charge in [0.1, 0.15) is 0 Å². The fraction of sp³-hybridized carbons (Fsp3) is 0.0667. The number of nitrogen functional groups attached to an aromatic ring is 2.